The molecule has 3 rings (SSSR count). The van der Waals surface area contributed by atoms with Gasteiger partial charge in [-0.15, -0.1) is 0 Å². The van der Waals surface area contributed by atoms with Gasteiger partial charge < -0.3 is 30.9 Å². The summed E-state index contributed by atoms with van der Waals surface area (Å²) in [7, 11) is 1.91. The van der Waals surface area contributed by atoms with Gasteiger partial charge in [0.1, 0.15) is 5.69 Å². The van der Waals surface area contributed by atoms with Gasteiger partial charge in [0.2, 0.25) is 24.3 Å². The Hall–Kier alpha value is -3.26. The zero-order valence-electron chi connectivity index (χ0n) is 19.8. The predicted molar refractivity (Wildman–Crippen MR) is 127 cm³/mol. The summed E-state index contributed by atoms with van der Waals surface area (Å²) < 4.78 is 33.0. The lowest BCUT2D eigenvalue weighted by Gasteiger charge is -2.29. The van der Waals surface area contributed by atoms with Gasteiger partial charge in [0.25, 0.3) is 6.43 Å². The highest BCUT2D eigenvalue weighted by molar-refractivity contribution is 5.61. The van der Waals surface area contributed by atoms with E-state index < -0.39 is 12.1 Å². The number of carbonyl (C=O) groups excluding carboxylic acids is 1. The minimum atomic E-state index is -2.89. The highest BCUT2D eigenvalue weighted by Crippen LogP contribution is 2.29. The molecule has 0 spiro atoms. The number of carbonyl (C=O) groups is 1. The highest BCUT2D eigenvalue weighted by atomic mass is 19.3. The summed E-state index contributed by atoms with van der Waals surface area (Å²) in [4.78, 5) is 35.9. The first-order valence-corrected chi connectivity index (χ1v) is 11.6. The molecule has 0 bridgehead atoms. The standard InChI is InChI=1S/C21H32F2N10O2/c1-25-5-3-2-4-7-32(8-6-26-14-34)20-29-18(15-13-27-19(24)28-16(15)17(22)23)30-21(31-20)33-9-11-35-12-10-33/h13-14,17,25H,2-12H2,1H3,(H,26,34)(H2,24,27,28). The maximum atomic E-state index is 13.8. The third kappa shape index (κ3) is 7.62. The molecule has 192 valence electrons. The van der Waals surface area contributed by atoms with Crippen molar-refractivity contribution in [3.63, 3.8) is 0 Å². The number of hydrogen-bond donors (Lipinski definition) is 3. The van der Waals surface area contributed by atoms with E-state index in [4.69, 9.17) is 10.5 Å². The van der Waals surface area contributed by atoms with Crippen molar-refractivity contribution in [1.29, 1.82) is 0 Å². The van der Waals surface area contributed by atoms with Gasteiger partial charge in [-0.05, 0) is 26.4 Å². The van der Waals surface area contributed by atoms with E-state index in [0.717, 1.165) is 25.8 Å². The molecule has 4 N–H and O–H groups in total. The Morgan fingerprint density at radius 1 is 1.14 bits per heavy atom. The van der Waals surface area contributed by atoms with Gasteiger partial charge in [-0.25, -0.2) is 18.7 Å². The Bertz CT molecular complexity index is 946. The number of unbranched alkanes of at least 4 members (excludes halogenated alkanes) is 2. The van der Waals surface area contributed by atoms with Crippen LogP contribution in [0.15, 0.2) is 6.20 Å². The maximum Gasteiger partial charge on any atom is 0.281 e. The quantitative estimate of drug-likeness (QED) is 0.251. The lowest BCUT2D eigenvalue weighted by molar-refractivity contribution is -0.109. The molecule has 1 saturated heterocycles. The molecule has 0 saturated carbocycles. The molecule has 0 radical (unpaired) electrons. The van der Waals surface area contributed by atoms with Crippen molar-refractivity contribution in [2.24, 2.45) is 0 Å². The third-order valence-electron chi connectivity index (χ3n) is 5.44. The van der Waals surface area contributed by atoms with Crippen LogP contribution in [-0.4, -0.2) is 90.9 Å². The van der Waals surface area contributed by atoms with Crippen LogP contribution in [0.5, 0.6) is 0 Å². The summed E-state index contributed by atoms with van der Waals surface area (Å²) in [6.45, 7) is 4.47. The van der Waals surface area contributed by atoms with Gasteiger partial charge in [0, 0.05) is 38.9 Å². The second-order valence-corrected chi connectivity index (χ2v) is 7.91. The molecule has 12 nitrogen and oxygen atoms in total. The van der Waals surface area contributed by atoms with E-state index in [1.165, 1.54) is 6.20 Å². The molecule has 3 heterocycles. The molecule has 1 fully saturated rings. The Morgan fingerprint density at radius 2 is 1.94 bits per heavy atom. The van der Waals surface area contributed by atoms with Crippen LogP contribution >= 0.6 is 0 Å². The van der Waals surface area contributed by atoms with E-state index in [1.54, 1.807) is 0 Å². The number of aromatic nitrogens is 5. The molecule has 0 aliphatic carbocycles. The van der Waals surface area contributed by atoms with Gasteiger partial charge in [0.15, 0.2) is 5.82 Å². The van der Waals surface area contributed by atoms with Crippen molar-refractivity contribution < 1.29 is 18.3 Å². The molecule has 1 aliphatic heterocycles. The SMILES string of the molecule is CNCCCCCN(CCNC=O)c1nc(-c2cnc(N)nc2C(F)F)nc(N2CCOCC2)n1. The normalized spacial score (nSPS) is 13.8. The van der Waals surface area contributed by atoms with Gasteiger partial charge >= 0.3 is 0 Å². The number of hydrogen-bond acceptors (Lipinski definition) is 11. The lowest BCUT2D eigenvalue weighted by atomic mass is 10.2. The second-order valence-electron chi connectivity index (χ2n) is 7.91. The fourth-order valence-electron chi connectivity index (χ4n) is 3.62. The average molecular weight is 495 g/mol. The largest absolute Gasteiger partial charge is 0.378 e. The van der Waals surface area contributed by atoms with Crippen LogP contribution in [0.1, 0.15) is 31.4 Å². The zero-order valence-corrected chi connectivity index (χ0v) is 19.8. The topological polar surface area (TPSA) is 147 Å². The molecule has 14 heteroatoms. The minimum Gasteiger partial charge on any atom is -0.378 e. The summed E-state index contributed by atoms with van der Waals surface area (Å²) in [6.07, 6.45) is 1.81. The summed E-state index contributed by atoms with van der Waals surface area (Å²) in [5, 5.41) is 5.77. The smallest absolute Gasteiger partial charge is 0.281 e. The number of amides is 1. The number of rotatable bonds is 14. The number of nitrogens with two attached hydrogens (primary N) is 1. The van der Waals surface area contributed by atoms with Crippen molar-refractivity contribution in [1.82, 2.24) is 35.6 Å². The van der Waals surface area contributed by atoms with E-state index in [1.807, 2.05) is 16.8 Å². The number of anilines is 3. The number of morpholine rings is 1. The summed E-state index contributed by atoms with van der Waals surface area (Å²) in [5.74, 6) is 0.467. The number of nitrogens with one attached hydrogen (secondary N) is 2. The minimum absolute atomic E-state index is 0.00709. The Kier molecular flexibility index (Phi) is 10.2. The maximum absolute atomic E-state index is 13.8. The second kappa shape index (κ2) is 13.6. The number of halogens is 2. The molecule has 2 aromatic heterocycles. The number of nitrogens with zero attached hydrogens (tertiary/aromatic N) is 7. The van der Waals surface area contributed by atoms with Crippen molar-refractivity contribution in [2.45, 2.75) is 25.7 Å². The van der Waals surface area contributed by atoms with Crippen LogP contribution in [0.25, 0.3) is 11.4 Å². The fraction of sp³-hybridized carbons (Fsp3) is 0.619. The molecule has 35 heavy (non-hydrogen) atoms. The predicted octanol–water partition coefficient (Wildman–Crippen LogP) is 0.627. The lowest BCUT2D eigenvalue weighted by Crippen LogP contribution is -2.38. The van der Waals surface area contributed by atoms with Crippen molar-refractivity contribution in [2.75, 3.05) is 75.1 Å². The van der Waals surface area contributed by atoms with Crippen molar-refractivity contribution in [3.8, 4) is 11.4 Å². The molecular weight excluding hydrogens is 462 g/mol. The highest BCUT2D eigenvalue weighted by Gasteiger charge is 2.24. The van der Waals surface area contributed by atoms with Crippen LogP contribution < -0.4 is 26.2 Å². The number of alkyl halides is 2. The molecule has 1 amide bonds. The third-order valence-corrected chi connectivity index (χ3v) is 5.44. The molecule has 0 atom stereocenters. The molecule has 1 aliphatic rings. The molecule has 0 unspecified atom stereocenters. The van der Waals surface area contributed by atoms with Gasteiger partial charge in [-0.3, -0.25) is 4.79 Å². The monoisotopic (exact) mass is 494 g/mol. The number of ether oxygens (including phenoxy) is 1. The van der Waals surface area contributed by atoms with E-state index in [2.05, 4.69) is 35.6 Å². The first-order chi connectivity index (χ1) is 17.0. The first-order valence-electron chi connectivity index (χ1n) is 11.6. The fourth-order valence-corrected chi connectivity index (χ4v) is 3.62. The van der Waals surface area contributed by atoms with E-state index in [0.29, 0.717) is 64.2 Å². The van der Waals surface area contributed by atoms with E-state index in [-0.39, 0.29) is 17.3 Å². The summed E-state index contributed by atoms with van der Waals surface area (Å²) >= 11 is 0. The Labute approximate surface area is 202 Å². The molecule has 2 aromatic rings. The molecule has 0 aromatic carbocycles. The van der Waals surface area contributed by atoms with Crippen LogP contribution in [0.3, 0.4) is 0 Å². The summed E-state index contributed by atoms with van der Waals surface area (Å²) in [6, 6.07) is 0. The number of nitrogen functional groups attached to an aromatic ring is 1. The van der Waals surface area contributed by atoms with Crippen molar-refractivity contribution in [3.05, 3.63) is 11.9 Å². The van der Waals surface area contributed by atoms with Crippen LogP contribution in [-0.2, 0) is 9.53 Å². The molecular formula is C21H32F2N10O2. The van der Waals surface area contributed by atoms with Gasteiger partial charge in [0.05, 0.1) is 18.8 Å². The first kappa shape index (κ1) is 26.3. The van der Waals surface area contributed by atoms with Gasteiger partial charge in [-0.2, -0.15) is 15.0 Å². The Morgan fingerprint density at radius 3 is 2.66 bits per heavy atom. The van der Waals surface area contributed by atoms with E-state index >= 15 is 0 Å². The summed E-state index contributed by atoms with van der Waals surface area (Å²) in [5.41, 5.74) is 5.00. The Balaban J connectivity index is 1.99. The van der Waals surface area contributed by atoms with Gasteiger partial charge in [-0.1, -0.05) is 6.42 Å². The van der Waals surface area contributed by atoms with Crippen LogP contribution in [0.4, 0.5) is 26.6 Å². The van der Waals surface area contributed by atoms with Crippen LogP contribution in [0, 0.1) is 0 Å². The van der Waals surface area contributed by atoms with Crippen LogP contribution in [0.2, 0.25) is 0 Å². The van der Waals surface area contributed by atoms with E-state index in [9.17, 15) is 13.6 Å². The van der Waals surface area contributed by atoms with Crippen molar-refractivity contribution >= 4 is 24.3 Å². The zero-order chi connectivity index (χ0) is 25.0. The average Bonchev–Trinajstić information content (AvgIpc) is 2.87.